The van der Waals surface area contributed by atoms with Crippen LogP contribution in [0.4, 0.5) is 5.69 Å². The number of ether oxygens (including phenoxy) is 1. The first-order valence-electron chi connectivity index (χ1n) is 10.6. The highest BCUT2D eigenvalue weighted by Gasteiger charge is 2.41. The molecule has 0 aliphatic carbocycles. The molecule has 164 valence electrons. The van der Waals surface area contributed by atoms with Crippen LogP contribution < -0.4 is 10.1 Å². The number of methoxy groups -OCH3 is 1. The molecule has 1 N–H and O–H groups in total. The molecule has 7 heteroatoms. The van der Waals surface area contributed by atoms with Gasteiger partial charge in [0, 0.05) is 55.4 Å². The van der Waals surface area contributed by atoms with Gasteiger partial charge in [0.1, 0.15) is 5.75 Å². The van der Waals surface area contributed by atoms with Gasteiger partial charge in [-0.1, -0.05) is 23.7 Å². The van der Waals surface area contributed by atoms with Crippen molar-refractivity contribution in [2.45, 2.75) is 13.3 Å². The number of amides is 2. The first-order chi connectivity index (χ1) is 14.9. The second-order valence-corrected chi connectivity index (χ2v) is 8.89. The second-order valence-electron chi connectivity index (χ2n) is 8.48. The van der Waals surface area contributed by atoms with E-state index in [4.69, 9.17) is 16.3 Å². The number of carbonyl (C=O) groups excluding carboxylic acids is 2. The number of nitrogens with one attached hydrogen (secondary N) is 1. The number of nitrogens with zero attached hydrogens (tertiary/aromatic N) is 2. The van der Waals surface area contributed by atoms with Crippen LogP contribution >= 0.6 is 11.6 Å². The molecule has 2 heterocycles. The summed E-state index contributed by atoms with van der Waals surface area (Å²) in [5.41, 5.74) is 2.39. The van der Waals surface area contributed by atoms with Gasteiger partial charge in [-0.05, 0) is 54.7 Å². The third-order valence-corrected chi connectivity index (χ3v) is 6.68. The lowest BCUT2D eigenvalue weighted by molar-refractivity contribution is -0.116. The van der Waals surface area contributed by atoms with Crippen molar-refractivity contribution < 1.29 is 14.3 Å². The van der Waals surface area contributed by atoms with Gasteiger partial charge in [-0.3, -0.25) is 9.59 Å². The number of fused-ring (bicyclic) bond motifs is 1. The summed E-state index contributed by atoms with van der Waals surface area (Å²) < 4.78 is 5.23. The fraction of sp³-hybridized carbons (Fsp3) is 0.417. The van der Waals surface area contributed by atoms with E-state index in [-0.39, 0.29) is 11.8 Å². The largest absolute Gasteiger partial charge is 0.497 e. The molecule has 2 amide bonds. The highest BCUT2D eigenvalue weighted by atomic mass is 35.5. The smallest absolute Gasteiger partial charge is 0.254 e. The van der Waals surface area contributed by atoms with Crippen molar-refractivity contribution in [3.05, 3.63) is 58.6 Å². The lowest BCUT2D eigenvalue weighted by Gasteiger charge is -2.21. The van der Waals surface area contributed by atoms with Crippen LogP contribution in [-0.2, 0) is 4.79 Å². The average Bonchev–Trinajstić information content (AvgIpc) is 3.33. The zero-order chi connectivity index (χ0) is 22.0. The molecule has 0 bridgehead atoms. The van der Waals surface area contributed by atoms with E-state index < -0.39 is 0 Å². The van der Waals surface area contributed by atoms with Crippen molar-refractivity contribution in [1.82, 2.24) is 9.80 Å². The summed E-state index contributed by atoms with van der Waals surface area (Å²) in [5, 5.41) is 3.57. The Balaban J connectivity index is 1.24. The summed E-state index contributed by atoms with van der Waals surface area (Å²) in [5.74, 6) is 1.69. The molecule has 2 saturated heterocycles. The molecular weight excluding hydrogens is 414 g/mol. The molecule has 2 aliphatic heterocycles. The number of hydrogen-bond acceptors (Lipinski definition) is 4. The van der Waals surface area contributed by atoms with E-state index in [2.05, 4.69) is 10.2 Å². The lowest BCUT2D eigenvalue weighted by Crippen LogP contribution is -2.34. The minimum absolute atomic E-state index is 0.00758. The zero-order valence-electron chi connectivity index (χ0n) is 17.9. The highest BCUT2D eigenvalue weighted by Crippen LogP contribution is 2.32. The van der Waals surface area contributed by atoms with Crippen molar-refractivity contribution in [2.24, 2.45) is 11.8 Å². The maximum atomic E-state index is 12.9. The van der Waals surface area contributed by atoms with E-state index in [1.807, 2.05) is 42.2 Å². The van der Waals surface area contributed by atoms with Gasteiger partial charge in [-0.25, -0.2) is 0 Å². The third-order valence-electron chi connectivity index (χ3n) is 6.28. The predicted molar refractivity (Wildman–Crippen MR) is 122 cm³/mol. The fourth-order valence-electron chi connectivity index (χ4n) is 4.53. The molecular formula is C24H28ClN3O3. The van der Waals surface area contributed by atoms with Gasteiger partial charge in [0.15, 0.2) is 0 Å². The molecule has 0 radical (unpaired) electrons. The topological polar surface area (TPSA) is 61.9 Å². The second kappa shape index (κ2) is 9.28. The molecule has 4 rings (SSSR count). The van der Waals surface area contributed by atoms with E-state index >= 15 is 0 Å². The maximum absolute atomic E-state index is 12.9. The fourth-order valence-corrected chi connectivity index (χ4v) is 4.71. The Morgan fingerprint density at radius 3 is 2.52 bits per heavy atom. The van der Waals surface area contributed by atoms with Crippen LogP contribution in [0.5, 0.6) is 5.75 Å². The van der Waals surface area contributed by atoms with Crippen LogP contribution in [0, 0.1) is 18.8 Å². The molecule has 2 fully saturated rings. The van der Waals surface area contributed by atoms with Crippen LogP contribution in [0.3, 0.4) is 0 Å². The van der Waals surface area contributed by atoms with E-state index in [1.165, 1.54) is 0 Å². The molecule has 0 spiro atoms. The number of rotatable bonds is 6. The Bertz CT molecular complexity index is 966. The molecule has 2 unspecified atom stereocenters. The van der Waals surface area contributed by atoms with Crippen LogP contribution in [0.2, 0.25) is 5.02 Å². The third kappa shape index (κ3) is 5.02. The van der Waals surface area contributed by atoms with Crippen LogP contribution in [0.1, 0.15) is 22.3 Å². The van der Waals surface area contributed by atoms with Crippen molar-refractivity contribution >= 4 is 29.1 Å². The number of benzene rings is 2. The number of likely N-dealkylation sites (tertiary alicyclic amines) is 2. The monoisotopic (exact) mass is 441 g/mol. The van der Waals surface area contributed by atoms with Gasteiger partial charge in [0.05, 0.1) is 7.11 Å². The Morgan fingerprint density at radius 1 is 1.10 bits per heavy atom. The molecule has 31 heavy (non-hydrogen) atoms. The van der Waals surface area contributed by atoms with Crippen LogP contribution in [0.15, 0.2) is 42.5 Å². The first kappa shape index (κ1) is 21.7. The number of halogens is 1. The summed E-state index contributed by atoms with van der Waals surface area (Å²) >= 11 is 6.13. The summed E-state index contributed by atoms with van der Waals surface area (Å²) in [4.78, 5) is 29.5. The number of carbonyl (C=O) groups is 2. The van der Waals surface area contributed by atoms with Gasteiger partial charge >= 0.3 is 0 Å². The van der Waals surface area contributed by atoms with Gasteiger partial charge < -0.3 is 19.9 Å². The van der Waals surface area contributed by atoms with Crippen LogP contribution in [0.25, 0.3) is 0 Å². The lowest BCUT2D eigenvalue weighted by atomic mass is 10.0. The molecule has 2 atom stereocenters. The normalized spacial score (nSPS) is 20.5. The van der Waals surface area contributed by atoms with Gasteiger partial charge in [-0.2, -0.15) is 0 Å². The van der Waals surface area contributed by atoms with Crippen LogP contribution in [-0.4, -0.2) is 61.4 Å². The Labute approximate surface area is 188 Å². The summed E-state index contributed by atoms with van der Waals surface area (Å²) in [6, 6.07) is 12.9. The highest BCUT2D eigenvalue weighted by molar-refractivity contribution is 6.31. The summed E-state index contributed by atoms with van der Waals surface area (Å²) in [6.45, 7) is 6.05. The number of anilines is 1. The Morgan fingerprint density at radius 2 is 1.84 bits per heavy atom. The minimum atomic E-state index is -0.00758. The summed E-state index contributed by atoms with van der Waals surface area (Å²) in [7, 11) is 1.61. The SMILES string of the molecule is COc1cccc(C(=O)N2CC3CN(CCC(=O)Nc4ccc(C)c(Cl)c4)CC3C2)c1. The van der Waals surface area contributed by atoms with E-state index in [0.29, 0.717) is 34.6 Å². The maximum Gasteiger partial charge on any atom is 0.254 e. The van der Waals surface area contributed by atoms with E-state index in [0.717, 1.165) is 44.0 Å². The van der Waals surface area contributed by atoms with Gasteiger partial charge in [-0.15, -0.1) is 0 Å². The van der Waals surface area contributed by atoms with Crippen molar-refractivity contribution in [2.75, 3.05) is 45.2 Å². The Kier molecular flexibility index (Phi) is 6.49. The molecule has 0 saturated carbocycles. The quantitative estimate of drug-likeness (QED) is 0.742. The summed E-state index contributed by atoms with van der Waals surface area (Å²) in [6.07, 6.45) is 0.442. The van der Waals surface area contributed by atoms with E-state index in [9.17, 15) is 9.59 Å². The molecule has 0 aromatic heterocycles. The van der Waals surface area contributed by atoms with Crippen molar-refractivity contribution in [1.29, 1.82) is 0 Å². The Hall–Kier alpha value is -2.57. The number of aryl methyl sites for hydroxylation is 1. The van der Waals surface area contributed by atoms with E-state index in [1.54, 1.807) is 19.2 Å². The molecule has 2 aliphatic rings. The standard InChI is InChI=1S/C24H28ClN3O3/c1-16-6-7-20(11-22(16)25)26-23(29)8-9-27-12-18-14-28(15-19(18)13-27)24(30)17-4-3-5-21(10-17)31-2/h3-7,10-11,18-19H,8-9,12-15H2,1-2H3,(H,26,29). The zero-order valence-corrected chi connectivity index (χ0v) is 18.7. The van der Waals surface area contributed by atoms with Crippen molar-refractivity contribution in [3.8, 4) is 5.75 Å². The molecule has 2 aromatic carbocycles. The molecule has 6 nitrogen and oxygen atoms in total. The van der Waals surface area contributed by atoms with Gasteiger partial charge in [0.25, 0.3) is 5.91 Å². The predicted octanol–water partition coefficient (Wildman–Crippen LogP) is 3.69. The minimum Gasteiger partial charge on any atom is -0.497 e. The number of hydrogen-bond donors (Lipinski definition) is 1. The van der Waals surface area contributed by atoms with Gasteiger partial charge in [0.2, 0.25) is 5.91 Å². The average molecular weight is 442 g/mol. The molecule has 2 aromatic rings. The first-order valence-corrected chi connectivity index (χ1v) is 11.0. The van der Waals surface area contributed by atoms with Crippen molar-refractivity contribution in [3.63, 3.8) is 0 Å².